The van der Waals surface area contributed by atoms with Crippen molar-refractivity contribution in [1.29, 1.82) is 0 Å². The van der Waals surface area contributed by atoms with Gasteiger partial charge < -0.3 is 10.1 Å². The topological polar surface area (TPSA) is 81.9 Å². The fourth-order valence-corrected chi connectivity index (χ4v) is 3.02. The van der Waals surface area contributed by atoms with E-state index in [0.717, 1.165) is 11.8 Å². The van der Waals surface area contributed by atoms with Gasteiger partial charge in [-0.3, -0.25) is 4.79 Å². The highest BCUT2D eigenvalue weighted by atomic mass is 32.2. The molecule has 1 N–H and O–H groups in total. The molecule has 3 rings (SSSR count). The summed E-state index contributed by atoms with van der Waals surface area (Å²) in [5, 5.41) is 14.1. The highest BCUT2D eigenvalue weighted by Crippen LogP contribution is 2.28. The summed E-state index contributed by atoms with van der Waals surface area (Å²) in [5.74, 6) is -0.239. The van der Waals surface area contributed by atoms with E-state index in [2.05, 4.69) is 20.8 Å². The number of carbonyl (C=O) groups excluding carboxylic acids is 1. The number of hydrogen-bond donors (Lipinski definition) is 1. The number of anilines is 1. The van der Waals surface area contributed by atoms with E-state index in [0.29, 0.717) is 16.6 Å². The Kier molecular flexibility index (Phi) is 5.47. The zero-order valence-corrected chi connectivity index (χ0v) is 14.9. The van der Waals surface area contributed by atoms with Crippen LogP contribution in [0.1, 0.15) is 6.92 Å². The van der Waals surface area contributed by atoms with Crippen LogP contribution in [-0.2, 0) is 4.79 Å². The lowest BCUT2D eigenvalue weighted by Crippen LogP contribution is -2.23. The van der Waals surface area contributed by atoms with Crippen molar-refractivity contribution in [2.24, 2.45) is 0 Å². The monoisotopic (exact) mass is 373 g/mol. The molecule has 1 aromatic heterocycles. The van der Waals surface area contributed by atoms with Gasteiger partial charge in [0, 0.05) is 0 Å². The first kappa shape index (κ1) is 17.9. The molecule has 1 amide bonds. The molecule has 0 fully saturated rings. The molecule has 1 heterocycles. The maximum Gasteiger partial charge on any atom is 0.237 e. The highest BCUT2D eigenvalue weighted by Gasteiger charge is 2.21. The number of aromatic nitrogens is 4. The fraction of sp³-hybridized carbons (Fsp3) is 0.176. The maximum atomic E-state index is 13.7. The van der Waals surface area contributed by atoms with Crippen LogP contribution in [0.25, 0.3) is 5.69 Å². The van der Waals surface area contributed by atoms with Gasteiger partial charge in [-0.05, 0) is 41.6 Å². The minimum Gasteiger partial charge on any atom is -0.494 e. The Morgan fingerprint density at radius 3 is 2.73 bits per heavy atom. The molecule has 0 aliphatic rings. The molecule has 3 aromatic rings. The third-order valence-corrected chi connectivity index (χ3v) is 4.57. The summed E-state index contributed by atoms with van der Waals surface area (Å²) in [4.78, 5) is 12.4. The molecule has 0 spiro atoms. The van der Waals surface area contributed by atoms with Crippen LogP contribution in [0, 0.1) is 5.82 Å². The highest BCUT2D eigenvalue weighted by molar-refractivity contribution is 8.00. The quantitative estimate of drug-likeness (QED) is 0.669. The molecule has 7 nitrogen and oxygen atoms in total. The van der Waals surface area contributed by atoms with E-state index in [9.17, 15) is 9.18 Å². The van der Waals surface area contributed by atoms with Gasteiger partial charge in [-0.1, -0.05) is 36.0 Å². The number of tetrazole rings is 1. The molecule has 1 unspecified atom stereocenters. The molecule has 0 radical (unpaired) electrons. The number of hydrogen-bond acceptors (Lipinski definition) is 6. The molecule has 2 aromatic carbocycles. The summed E-state index contributed by atoms with van der Waals surface area (Å²) in [7, 11) is 1.56. The molecular formula is C17H16FN5O2S. The number of thioether (sulfide) groups is 1. The van der Waals surface area contributed by atoms with Crippen LogP contribution >= 0.6 is 11.8 Å². The molecule has 0 saturated carbocycles. The van der Waals surface area contributed by atoms with Gasteiger partial charge in [-0.25, -0.2) is 4.39 Å². The Labute approximate surface area is 153 Å². The lowest BCUT2D eigenvalue weighted by molar-refractivity contribution is -0.115. The van der Waals surface area contributed by atoms with E-state index in [1.807, 2.05) is 18.2 Å². The van der Waals surface area contributed by atoms with Gasteiger partial charge >= 0.3 is 0 Å². The van der Waals surface area contributed by atoms with Gasteiger partial charge in [0.1, 0.15) is 17.3 Å². The molecule has 134 valence electrons. The molecule has 26 heavy (non-hydrogen) atoms. The summed E-state index contributed by atoms with van der Waals surface area (Å²) in [6.45, 7) is 1.70. The molecule has 9 heteroatoms. The number of methoxy groups -OCH3 is 1. The molecular weight excluding hydrogens is 357 g/mol. The average Bonchev–Trinajstić information content (AvgIpc) is 3.11. The van der Waals surface area contributed by atoms with Crippen molar-refractivity contribution in [3.8, 4) is 11.4 Å². The minimum absolute atomic E-state index is 0.134. The van der Waals surface area contributed by atoms with Crippen molar-refractivity contribution in [2.45, 2.75) is 17.3 Å². The fourth-order valence-electron chi connectivity index (χ4n) is 2.22. The summed E-state index contributed by atoms with van der Waals surface area (Å²) in [6, 6.07) is 13.3. The Morgan fingerprint density at radius 1 is 1.23 bits per heavy atom. The number of nitrogens with zero attached hydrogens (tertiary/aromatic N) is 4. The molecule has 1 atom stereocenters. The predicted molar refractivity (Wildman–Crippen MR) is 96.1 cm³/mol. The van der Waals surface area contributed by atoms with Crippen molar-refractivity contribution >= 4 is 23.4 Å². The summed E-state index contributed by atoms with van der Waals surface area (Å²) in [6.07, 6.45) is 0. The zero-order valence-electron chi connectivity index (χ0n) is 14.1. The first-order valence-electron chi connectivity index (χ1n) is 7.74. The molecule has 0 aliphatic carbocycles. The predicted octanol–water partition coefficient (Wildman–Crippen LogP) is 2.93. The SMILES string of the molecule is COc1ccccc1-n1nnnc1SC(C)C(=O)Nc1ccccc1F. The van der Waals surface area contributed by atoms with Gasteiger partial charge in [0.25, 0.3) is 0 Å². The van der Waals surface area contributed by atoms with Crippen LogP contribution in [-0.4, -0.2) is 38.5 Å². The summed E-state index contributed by atoms with van der Waals surface area (Å²) < 4.78 is 20.5. The Balaban J connectivity index is 1.76. The Bertz CT molecular complexity index is 917. The first-order valence-corrected chi connectivity index (χ1v) is 8.62. The van der Waals surface area contributed by atoms with Crippen molar-refractivity contribution in [1.82, 2.24) is 20.2 Å². The number of ether oxygens (including phenoxy) is 1. The van der Waals surface area contributed by atoms with Crippen LogP contribution in [0.2, 0.25) is 0 Å². The lowest BCUT2D eigenvalue weighted by Gasteiger charge is -2.13. The number of carbonyl (C=O) groups is 1. The number of nitrogens with one attached hydrogen (secondary N) is 1. The lowest BCUT2D eigenvalue weighted by atomic mass is 10.3. The Morgan fingerprint density at radius 2 is 1.96 bits per heavy atom. The van der Waals surface area contributed by atoms with E-state index in [4.69, 9.17) is 4.74 Å². The summed E-state index contributed by atoms with van der Waals surface area (Å²) in [5.41, 5.74) is 0.790. The maximum absolute atomic E-state index is 13.7. The van der Waals surface area contributed by atoms with Crippen molar-refractivity contribution in [2.75, 3.05) is 12.4 Å². The van der Waals surface area contributed by atoms with Crippen LogP contribution in [0.3, 0.4) is 0 Å². The van der Waals surface area contributed by atoms with Gasteiger partial charge in [0.15, 0.2) is 0 Å². The molecule has 0 aliphatic heterocycles. The van der Waals surface area contributed by atoms with Crippen molar-refractivity contribution in [3.05, 3.63) is 54.3 Å². The van der Waals surface area contributed by atoms with E-state index >= 15 is 0 Å². The molecule has 0 saturated heterocycles. The third-order valence-electron chi connectivity index (χ3n) is 3.54. The zero-order chi connectivity index (χ0) is 18.5. The van der Waals surface area contributed by atoms with Gasteiger partial charge in [0.05, 0.1) is 18.0 Å². The second-order valence-electron chi connectivity index (χ2n) is 5.27. The van der Waals surface area contributed by atoms with Gasteiger partial charge in [-0.15, -0.1) is 5.10 Å². The van der Waals surface area contributed by atoms with Crippen LogP contribution in [0.15, 0.2) is 53.7 Å². The average molecular weight is 373 g/mol. The summed E-state index contributed by atoms with van der Waals surface area (Å²) >= 11 is 1.16. The first-order chi connectivity index (χ1) is 12.6. The van der Waals surface area contributed by atoms with E-state index in [1.54, 1.807) is 32.2 Å². The standard InChI is InChI=1S/C17H16FN5O2S/c1-11(16(24)19-13-8-4-3-7-12(13)18)26-17-20-21-22-23(17)14-9-5-6-10-15(14)25-2/h3-11H,1-2H3,(H,19,24). The number of amides is 1. The molecule has 0 bridgehead atoms. The van der Waals surface area contributed by atoms with Gasteiger partial charge in [-0.2, -0.15) is 4.68 Å². The Hall–Kier alpha value is -2.94. The largest absolute Gasteiger partial charge is 0.494 e. The van der Waals surface area contributed by atoms with Crippen LogP contribution in [0.5, 0.6) is 5.75 Å². The van der Waals surface area contributed by atoms with Crippen molar-refractivity contribution in [3.63, 3.8) is 0 Å². The second-order valence-corrected chi connectivity index (χ2v) is 6.58. The van der Waals surface area contributed by atoms with Crippen LogP contribution in [0.4, 0.5) is 10.1 Å². The minimum atomic E-state index is -0.547. The normalized spacial score (nSPS) is 11.8. The van der Waals surface area contributed by atoms with E-state index in [1.165, 1.54) is 16.8 Å². The van der Waals surface area contributed by atoms with Crippen LogP contribution < -0.4 is 10.1 Å². The third kappa shape index (κ3) is 3.83. The number of para-hydroxylation sites is 3. The smallest absolute Gasteiger partial charge is 0.237 e. The number of benzene rings is 2. The second kappa shape index (κ2) is 7.96. The number of rotatable bonds is 6. The number of halogens is 1. The van der Waals surface area contributed by atoms with E-state index < -0.39 is 11.1 Å². The van der Waals surface area contributed by atoms with Gasteiger partial charge in [0.2, 0.25) is 11.1 Å². The van der Waals surface area contributed by atoms with Crippen molar-refractivity contribution < 1.29 is 13.9 Å². The van der Waals surface area contributed by atoms with E-state index in [-0.39, 0.29) is 11.6 Å².